The number of benzene rings is 3. The van der Waals surface area contributed by atoms with Gasteiger partial charge >= 0.3 is 6.11 Å². The first-order chi connectivity index (χ1) is 18.1. The minimum Gasteiger partial charge on any atom is -0.483 e. The summed E-state index contributed by atoms with van der Waals surface area (Å²) in [6.07, 6.45) is 1.93. The molecule has 0 heterocycles. The number of alkyl halides is 2. The lowest BCUT2D eigenvalue weighted by Gasteiger charge is -2.29. The van der Waals surface area contributed by atoms with Gasteiger partial charge in [0.25, 0.3) is 0 Å². The van der Waals surface area contributed by atoms with Gasteiger partial charge in [-0.25, -0.2) is 22.0 Å². The van der Waals surface area contributed by atoms with E-state index in [1.54, 1.807) is 6.07 Å². The minimum absolute atomic E-state index is 0.0192. The van der Waals surface area contributed by atoms with Crippen LogP contribution in [0.3, 0.4) is 0 Å². The van der Waals surface area contributed by atoms with Gasteiger partial charge < -0.3 is 9.47 Å². The summed E-state index contributed by atoms with van der Waals surface area (Å²) < 4.78 is 107. The van der Waals surface area contributed by atoms with E-state index in [4.69, 9.17) is 4.74 Å². The molecule has 0 aromatic heterocycles. The van der Waals surface area contributed by atoms with Gasteiger partial charge in [-0.05, 0) is 60.8 Å². The zero-order valence-electron chi connectivity index (χ0n) is 20.7. The van der Waals surface area contributed by atoms with Gasteiger partial charge in [-0.1, -0.05) is 44.0 Å². The van der Waals surface area contributed by atoms with Crippen LogP contribution in [-0.2, 0) is 0 Å². The highest BCUT2D eigenvalue weighted by Gasteiger charge is 2.34. The van der Waals surface area contributed by atoms with Gasteiger partial charge in [0.1, 0.15) is 11.5 Å². The highest BCUT2D eigenvalue weighted by Crippen LogP contribution is 2.40. The van der Waals surface area contributed by atoms with Gasteiger partial charge in [0.05, 0.1) is 0 Å². The van der Waals surface area contributed by atoms with Crippen LogP contribution in [0.5, 0.6) is 11.5 Å². The maximum atomic E-state index is 15.0. The van der Waals surface area contributed by atoms with Crippen LogP contribution in [-0.4, -0.2) is 12.7 Å². The highest BCUT2D eigenvalue weighted by molar-refractivity contribution is 5.65. The minimum atomic E-state index is -4.00. The van der Waals surface area contributed by atoms with E-state index >= 15 is 0 Å². The second-order valence-corrected chi connectivity index (χ2v) is 9.59. The molecule has 204 valence electrons. The zero-order chi connectivity index (χ0) is 27.4. The lowest BCUT2D eigenvalue weighted by molar-refractivity contribution is -0.195. The summed E-state index contributed by atoms with van der Waals surface area (Å²) in [7, 11) is 0. The first-order valence-electron chi connectivity index (χ1n) is 12.5. The Hall–Kier alpha value is -3.23. The lowest BCUT2D eigenvalue weighted by Crippen LogP contribution is -2.32. The van der Waals surface area contributed by atoms with E-state index in [0.29, 0.717) is 17.0 Å². The SMILES string of the molecule is CCCC1CCC(c2ccc(-c3ccc(OCC(F)(F)Oc4cc(F)c(F)c(F)c4)cc3)c(F)c2F)CC1. The summed E-state index contributed by atoms with van der Waals surface area (Å²) >= 11 is 0. The molecule has 0 radical (unpaired) electrons. The van der Waals surface area contributed by atoms with Crippen LogP contribution < -0.4 is 9.47 Å². The van der Waals surface area contributed by atoms with Gasteiger partial charge in [0.15, 0.2) is 35.7 Å². The van der Waals surface area contributed by atoms with E-state index in [-0.39, 0.29) is 29.4 Å². The molecular weight excluding hydrogens is 513 g/mol. The van der Waals surface area contributed by atoms with Crippen LogP contribution in [0.25, 0.3) is 11.1 Å². The molecule has 9 heteroatoms. The van der Waals surface area contributed by atoms with E-state index in [9.17, 15) is 30.7 Å². The van der Waals surface area contributed by atoms with Crippen LogP contribution >= 0.6 is 0 Å². The molecule has 4 rings (SSSR count). The van der Waals surface area contributed by atoms with Gasteiger partial charge in [0.2, 0.25) is 0 Å². The van der Waals surface area contributed by atoms with Crippen LogP contribution in [0.15, 0.2) is 48.5 Å². The third kappa shape index (κ3) is 6.42. The predicted molar refractivity (Wildman–Crippen MR) is 129 cm³/mol. The van der Waals surface area contributed by atoms with Gasteiger partial charge in [-0.15, -0.1) is 0 Å². The predicted octanol–water partition coefficient (Wildman–Crippen LogP) is 9.17. The fraction of sp³-hybridized carbons (Fsp3) is 0.379. The van der Waals surface area contributed by atoms with Gasteiger partial charge in [-0.3, -0.25) is 0 Å². The van der Waals surface area contributed by atoms with Gasteiger partial charge in [-0.2, -0.15) is 8.78 Å². The summed E-state index contributed by atoms with van der Waals surface area (Å²) in [4.78, 5) is 0. The summed E-state index contributed by atoms with van der Waals surface area (Å²) in [6.45, 7) is 0.816. The third-order valence-corrected chi connectivity index (χ3v) is 6.89. The molecule has 1 saturated carbocycles. The smallest absolute Gasteiger partial charge is 0.433 e. The Labute approximate surface area is 216 Å². The van der Waals surface area contributed by atoms with E-state index in [1.807, 2.05) is 0 Å². The van der Waals surface area contributed by atoms with Crippen LogP contribution in [0.2, 0.25) is 0 Å². The van der Waals surface area contributed by atoms with Crippen molar-refractivity contribution >= 4 is 0 Å². The highest BCUT2D eigenvalue weighted by atomic mass is 19.3. The molecule has 1 fully saturated rings. The fourth-order valence-electron chi connectivity index (χ4n) is 4.96. The van der Waals surface area contributed by atoms with Crippen LogP contribution in [0.1, 0.15) is 56.9 Å². The van der Waals surface area contributed by atoms with Crippen molar-refractivity contribution < 1.29 is 40.2 Å². The second-order valence-electron chi connectivity index (χ2n) is 9.59. The van der Waals surface area contributed by atoms with Crippen molar-refractivity contribution in [2.75, 3.05) is 6.61 Å². The molecule has 0 saturated heterocycles. The molecule has 0 spiro atoms. The van der Waals surface area contributed by atoms with Crippen LogP contribution in [0, 0.1) is 35.0 Å². The summed E-state index contributed by atoms with van der Waals surface area (Å²) in [5.74, 6) is -7.32. The Morgan fingerprint density at radius 1 is 0.763 bits per heavy atom. The molecule has 0 N–H and O–H groups in total. The quantitative estimate of drug-likeness (QED) is 0.199. The molecule has 0 unspecified atom stereocenters. The largest absolute Gasteiger partial charge is 0.483 e. The normalized spacial score (nSPS) is 17.9. The maximum absolute atomic E-state index is 15.0. The summed E-state index contributed by atoms with van der Waals surface area (Å²) in [5.41, 5.74) is 0.739. The van der Waals surface area contributed by atoms with Crippen molar-refractivity contribution in [1.29, 1.82) is 0 Å². The number of hydrogen-bond acceptors (Lipinski definition) is 2. The molecule has 3 aromatic carbocycles. The summed E-state index contributed by atoms with van der Waals surface area (Å²) in [5, 5.41) is 0. The van der Waals surface area contributed by atoms with E-state index in [2.05, 4.69) is 11.7 Å². The van der Waals surface area contributed by atoms with Crippen molar-refractivity contribution in [3.63, 3.8) is 0 Å². The molecule has 3 aromatic rings. The lowest BCUT2D eigenvalue weighted by atomic mass is 9.77. The Kier molecular flexibility index (Phi) is 8.53. The molecule has 0 aliphatic heterocycles. The fourth-order valence-corrected chi connectivity index (χ4v) is 4.96. The molecule has 2 nitrogen and oxygen atoms in total. The standard InChI is InChI=1S/C29H27F7O2/c1-2-3-17-4-6-18(7-5-17)22-12-13-23(27(33)26(22)32)19-8-10-20(11-9-19)37-16-29(35,36)38-21-14-24(30)28(34)25(31)15-21/h8-15,17-18H,2-7,16H2,1H3. The van der Waals surface area contributed by atoms with Crippen molar-refractivity contribution in [1.82, 2.24) is 0 Å². The average molecular weight is 541 g/mol. The average Bonchev–Trinajstić information content (AvgIpc) is 2.89. The maximum Gasteiger partial charge on any atom is 0.433 e. The van der Waals surface area contributed by atoms with Crippen molar-refractivity contribution in [2.45, 2.75) is 57.5 Å². The molecule has 0 bridgehead atoms. The molecular formula is C29H27F7O2. The van der Waals surface area contributed by atoms with Crippen molar-refractivity contribution in [3.8, 4) is 22.6 Å². The zero-order valence-corrected chi connectivity index (χ0v) is 20.7. The molecule has 0 atom stereocenters. The summed E-state index contributed by atoms with van der Waals surface area (Å²) in [6, 6.07) is 9.09. The first-order valence-corrected chi connectivity index (χ1v) is 12.5. The number of halogens is 7. The molecule has 0 amide bonds. The van der Waals surface area contributed by atoms with Crippen LogP contribution in [0.4, 0.5) is 30.7 Å². The van der Waals surface area contributed by atoms with E-state index in [1.165, 1.54) is 30.3 Å². The third-order valence-electron chi connectivity index (χ3n) is 6.89. The van der Waals surface area contributed by atoms with Gasteiger partial charge in [0, 0.05) is 17.7 Å². The number of hydrogen-bond donors (Lipinski definition) is 0. The van der Waals surface area contributed by atoms with Crippen molar-refractivity contribution in [2.24, 2.45) is 5.92 Å². The number of ether oxygens (including phenoxy) is 2. The Balaban J connectivity index is 1.39. The number of rotatable bonds is 9. The second kappa shape index (κ2) is 11.7. The van der Waals surface area contributed by atoms with E-state index in [0.717, 1.165) is 38.5 Å². The van der Waals surface area contributed by atoms with E-state index < -0.39 is 47.6 Å². The topological polar surface area (TPSA) is 18.5 Å². The van der Waals surface area contributed by atoms with Crippen molar-refractivity contribution in [3.05, 3.63) is 83.2 Å². The Bertz CT molecular complexity index is 1230. The molecule has 38 heavy (non-hydrogen) atoms. The Morgan fingerprint density at radius 3 is 2.00 bits per heavy atom. The Morgan fingerprint density at radius 2 is 1.39 bits per heavy atom. The first kappa shape index (κ1) is 27.8. The molecule has 1 aliphatic rings. The monoisotopic (exact) mass is 540 g/mol. The molecule has 1 aliphatic carbocycles.